The number of nitrogens with zero attached hydrogens (tertiary/aromatic N) is 2. The van der Waals surface area contributed by atoms with Gasteiger partial charge < -0.3 is 5.73 Å². The summed E-state index contributed by atoms with van der Waals surface area (Å²) in [5, 5.41) is 4.79. The molecule has 0 radical (unpaired) electrons. The van der Waals surface area contributed by atoms with Crippen LogP contribution >= 0.6 is 11.8 Å². The van der Waals surface area contributed by atoms with Gasteiger partial charge in [-0.25, -0.2) is 5.84 Å². The van der Waals surface area contributed by atoms with Crippen LogP contribution in [-0.2, 0) is 0 Å². The molecule has 0 amide bonds. The number of aromatic nitrogens is 1. The third-order valence-electron chi connectivity index (χ3n) is 2.98. The predicted octanol–water partition coefficient (Wildman–Crippen LogP) is 2.20. The van der Waals surface area contributed by atoms with E-state index in [-0.39, 0.29) is 6.17 Å². The van der Waals surface area contributed by atoms with Crippen LogP contribution in [-0.4, -0.2) is 16.2 Å². The summed E-state index contributed by atoms with van der Waals surface area (Å²) in [5.74, 6) is 5.97. The van der Waals surface area contributed by atoms with Crippen LogP contribution in [0.15, 0.2) is 64.8 Å². The maximum absolute atomic E-state index is 5.97. The first kappa shape index (κ1) is 12.2. The third-order valence-corrected chi connectivity index (χ3v) is 4.11. The molecule has 0 fully saturated rings. The van der Waals surface area contributed by atoms with Crippen molar-refractivity contribution in [3.8, 4) is 0 Å². The fourth-order valence-corrected chi connectivity index (χ4v) is 3.00. The Bertz CT molecular complexity index is 660. The third kappa shape index (κ3) is 2.35. The van der Waals surface area contributed by atoms with E-state index in [0.717, 1.165) is 15.3 Å². The molecular weight excluding hydrogens is 256 g/mol. The van der Waals surface area contributed by atoms with Crippen molar-refractivity contribution in [1.29, 1.82) is 0 Å². The summed E-state index contributed by atoms with van der Waals surface area (Å²) in [5.41, 5.74) is 5.88. The highest BCUT2D eigenvalue weighted by Gasteiger charge is 2.16. The van der Waals surface area contributed by atoms with E-state index in [1.807, 2.05) is 42.6 Å². The zero-order chi connectivity index (χ0) is 13.2. The molecule has 0 spiro atoms. The minimum Gasteiger partial charge on any atom is -0.307 e. The summed E-state index contributed by atoms with van der Waals surface area (Å²) in [6.07, 6.45) is 9.14. The second-order valence-corrected chi connectivity index (χ2v) is 5.30. The summed E-state index contributed by atoms with van der Waals surface area (Å²) in [6.45, 7) is 0. The van der Waals surface area contributed by atoms with E-state index >= 15 is 0 Å². The molecule has 1 aliphatic rings. The second-order valence-electron chi connectivity index (χ2n) is 4.24. The molecule has 0 bridgehead atoms. The Balaban J connectivity index is 1.98. The normalized spacial score (nSPS) is 18.7. The number of rotatable bonds is 2. The summed E-state index contributed by atoms with van der Waals surface area (Å²) >= 11 is 1.61. The highest BCUT2D eigenvalue weighted by Crippen LogP contribution is 2.34. The molecule has 4 nitrogen and oxygen atoms in total. The zero-order valence-electron chi connectivity index (χ0n) is 10.2. The van der Waals surface area contributed by atoms with Crippen LogP contribution in [0.2, 0.25) is 0 Å². The number of hydrogen-bond acceptors (Lipinski definition) is 5. The van der Waals surface area contributed by atoms with Crippen molar-refractivity contribution in [1.82, 2.24) is 9.99 Å². The molecule has 1 atom stereocenters. The van der Waals surface area contributed by atoms with Crippen LogP contribution in [0.4, 0.5) is 0 Å². The fourth-order valence-electron chi connectivity index (χ4n) is 1.96. The highest BCUT2D eigenvalue weighted by atomic mass is 32.2. The molecule has 0 saturated heterocycles. The number of thioether (sulfide) groups is 1. The summed E-state index contributed by atoms with van der Waals surface area (Å²) in [4.78, 5) is 5.28. The van der Waals surface area contributed by atoms with Crippen LogP contribution in [0, 0.1) is 0 Å². The van der Waals surface area contributed by atoms with Gasteiger partial charge in [0.1, 0.15) is 6.17 Å². The molecule has 19 heavy (non-hydrogen) atoms. The number of hydrazine groups is 1. The van der Waals surface area contributed by atoms with Gasteiger partial charge in [-0.1, -0.05) is 30.0 Å². The van der Waals surface area contributed by atoms with E-state index in [4.69, 9.17) is 11.6 Å². The molecule has 5 heteroatoms. The molecule has 1 aromatic carbocycles. The van der Waals surface area contributed by atoms with Gasteiger partial charge in [0.25, 0.3) is 0 Å². The van der Waals surface area contributed by atoms with E-state index < -0.39 is 0 Å². The molecule has 0 saturated carbocycles. The maximum atomic E-state index is 5.97. The average molecular weight is 270 g/mol. The topological polar surface area (TPSA) is 68.2 Å². The van der Waals surface area contributed by atoms with Crippen molar-refractivity contribution in [3.05, 3.63) is 59.9 Å². The number of benzene rings is 1. The van der Waals surface area contributed by atoms with Gasteiger partial charge in [0.2, 0.25) is 0 Å². The molecule has 2 heterocycles. The lowest BCUT2D eigenvalue weighted by Gasteiger charge is -2.28. The Morgan fingerprint density at radius 2 is 2.16 bits per heavy atom. The van der Waals surface area contributed by atoms with Crippen molar-refractivity contribution in [2.75, 3.05) is 0 Å². The molecule has 3 rings (SSSR count). The molecule has 1 aliphatic heterocycles. The van der Waals surface area contributed by atoms with E-state index in [9.17, 15) is 0 Å². The molecule has 2 aromatic rings. The minimum absolute atomic E-state index is 0.274. The molecule has 4 N–H and O–H groups in total. The average Bonchev–Trinajstić information content (AvgIpc) is 2.44. The monoisotopic (exact) mass is 270 g/mol. The van der Waals surface area contributed by atoms with Gasteiger partial charge in [0.15, 0.2) is 0 Å². The Morgan fingerprint density at radius 1 is 1.26 bits per heavy atom. The van der Waals surface area contributed by atoms with Gasteiger partial charge in [-0.15, -0.1) is 0 Å². The Hall–Kier alpha value is -1.82. The number of hydrogen-bond donors (Lipinski definition) is 2. The van der Waals surface area contributed by atoms with Crippen LogP contribution in [0.25, 0.3) is 10.8 Å². The van der Waals surface area contributed by atoms with Gasteiger partial charge >= 0.3 is 0 Å². The minimum atomic E-state index is -0.274. The second kappa shape index (κ2) is 5.05. The largest absolute Gasteiger partial charge is 0.307 e. The quantitative estimate of drug-likeness (QED) is 0.819. The fraction of sp³-hybridized carbons (Fsp3) is 0.0714. The van der Waals surface area contributed by atoms with Gasteiger partial charge in [-0.05, 0) is 29.7 Å². The van der Waals surface area contributed by atoms with Gasteiger partial charge in [0.05, 0.1) is 5.03 Å². The summed E-state index contributed by atoms with van der Waals surface area (Å²) < 4.78 is 0. The summed E-state index contributed by atoms with van der Waals surface area (Å²) in [7, 11) is 0. The van der Waals surface area contributed by atoms with Gasteiger partial charge in [0, 0.05) is 22.7 Å². The Kier molecular flexibility index (Phi) is 3.25. The molecule has 96 valence electrons. The Morgan fingerprint density at radius 3 is 3.05 bits per heavy atom. The van der Waals surface area contributed by atoms with Crippen LogP contribution < -0.4 is 11.6 Å². The van der Waals surface area contributed by atoms with E-state index in [0.29, 0.717) is 0 Å². The Labute approximate surface area is 115 Å². The van der Waals surface area contributed by atoms with Crippen molar-refractivity contribution >= 4 is 22.5 Å². The van der Waals surface area contributed by atoms with Crippen LogP contribution in [0.1, 0.15) is 0 Å². The lowest BCUT2D eigenvalue weighted by Crippen LogP contribution is -2.45. The van der Waals surface area contributed by atoms with Crippen molar-refractivity contribution < 1.29 is 0 Å². The number of nitrogens with two attached hydrogens (primary N) is 2. The van der Waals surface area contributed by atoms with Crippen molar-refractivity contribution in [2.24, 2.45) is 11.6 Å². The molecular formula is C14H14N4S. The predicted molar refractivity (Wildman–Crippen MR) is 78.8 cm³/mol. The first-order valence-electron chi connectivity index (χ1n) is 5.94. The van der Waals surface area contributed by atoms with Gasteiger partial charge in [-0.3, -0.25) is 9.99 Å². The standard InChI is InChI=1S/C14H14N4S/c15-13-5-2-6-14(18(13)16)19-12-4-1-3-10-9-17-8-7-11(10)12/h1-9,13H,15-16H2. The van der Waals surface area contributed by atoms with Crippen LogP contribution in [0.3, 0.4) is 0 Å². The number of fused-ring (bicyclic) bond motifs is 1. The van der Waals surface area contributed by atoms with Crippen molar-refractivity contribution in [2.45, 2.75) is 11.1 Å². The molecule has 0 aliphatic carbocycles. The smallest absolute Gasteiger partial charge is 0.112 e. The first-order chi connectivity index (χ1) is 9.25. The van der Waals surface area contributed by atoms with E-state index in [2.05, 4.69) is 11.1 Å². The first-order valence-corrected chi connectivity index (χ1v) is 6.76. The molecule has 1 unspecified atom stereocenters. The molecule has 1 aromatic heterocycles. The van der Waals surface area contributed by atoms with Gasteiger partial charge in [-0.2, -0.15) is 0 Å². The van der Waals surface area contributed by atoms with Crippen LogP contribution in [0.5, 0.6) is 0 Å². The summed E-state index contributed by atoms with van der Waals surface area (Å²) in [6, 6.07) is 8.16. The van der Waals surface area contributed by atoms with Crippen molar-refractivity contribution in [3.63, 3.8) is 0 Å². The van der Waals surface area contributed by atoms with E-state index in [1.165, 1.54) is 5.39 Å². The van der Waals surface area contributed by atoms with E-state index in [1.54, 1.807) is 23.0 Å². The zero-order valence-corrected chi connectivity index (χ0v) is 11.0. The lowest BCUT2D eigenvalue weighted by atomic mass is 10.2. The SMILES string of the molecule is NC1C=CC=C(Sc2cccc3cnccc23)N1N. The number of allylic oxidation sites excluding steroid dienone is 2. The number of pyridine rings is 1. The lowest BCUT2D eigenvalue weighted by molar-refractivity contribution is 0.325. The maximum Gasteiger partial charge on any atom is 0.112 e. The highest BCUT2D eigenvalue weighted by molar-refractivity contribution is 8.03.